The molecule has 0 saturated carbocycles. The molecule has 2 N–H and O–H groups in total. The van der Waals surface area contributed by atoms with E-state index in [4.69, 9.17) is 0 Å². The number of piperidine rings is 1. The quantitative estimate of drug-likeness (QED) is 0.848. The Balaban J connectivity index is 1.46. The van der Waals surface area contributed by atoms with Crippen molar-refractivity contribution in [3.05, 3.63) is 54.0 Å². The number of carbonyl (C=O) groups is 1. The molecule has 3 rings (SSSR count). The van der Waals surface area contributed by atoms with E-state index in [1.165, 1.54) is 6.07 Å². The summed E-state index contributed by atoms with van der Waals surface area (Å²) < 4.78 is 13.7. The Morgan fingerprint density at radius 2 is 2.00 bits per heavy atom. The lowest BCUT2D eigenvalue weighted by Crippen LogP contribution is -2.46. The van der Waals surface area contributed by atoms with Gasteiger partial charge in [-0.25, -0.2) is 14.2 Å². The van der Waals surface area contributed by atoms with Crippen molar-refractivity contribution >= 4 is 17.5 Å². The monoisotopic (exact) mass is 371 g/mol. The fourth-order valence-corrected chi connectivity index (χ4v) is 3.13. The maximum absolute atomic E-state index is 13.7. The molecule has 0 unspecified atom stereocenters. The second-order valence-electron chi connectivity index (χ2n) is 6.96. The van der Waals surface area contributed by atoms with Crippen LogP contribution >= 0.6 is 0 Å². The number of pyridine rings is 1. The molecule has 0 atom stereocenters. The van der Waals surface area contributed by atoms with Gasteiger partial charge >= 0.3 is 6.03 Å². The first-order valence-electron chi connectivity index (χ1n) is 9.19. The van der Waals surface area contributed by atoms with Gasteiger partial charge in [-0.15, -0.1) is 0 Å². The van der Waals surface area contributed by atoms with Gasteiger partial charge in [0.25, 0.3) is 0 Å². The minimum Gasteiger partial charge on any atom is -0.380 e. The number of amides is 2. The van der Waals surface area contributed by atoms with Gasteiger partial charge in [0.2, 0.25) is 0 Å². The molecule has 2 heterocycles. The largest absolute Gasteiger partial charge is 0.380 e. The third-order valence-electron chi connectivity index (χ3n) is 4.73. The van der Waals surface area contributed by atoms with E-state index in [0.29, 0.717) is 25.3 Å². The van der Waals surface area contributed by atoms with Gasteiger partial charge < -0.3 is 20.4 Å². The first-order chi connectivity index (χ1) is 13.0. The molecule has 1 aromatic heterocycles. The SMILES string of the molecule is CN(C)c1cc(CNC(=O)N2CCC(Nc3ccccc3F)CC2)ccn1. The predicted molar refractivity (Wildman–Crippen MR) is 105 cm³/mol. The number of carbonyl (C=O) groups excluding carboxylic acids is 1. The van der Waals surface area contributed by atoms with Crippen LogP contribution in [0.1, 0.15) is 18.4 Å². The molecular weight excluding hydrogens is 345 g/mol. The summed E-state index contributed by atoms with van der Waals surface area (Å²) in [4.78, 5) is 20.4. The summed E-state index contributed by atoms with van der Waals surface area (Å²) in [6.45, 7) is 1.77. The summed E-state index contributed by atoms with van der Waals surface area (Å²) in [6, 6.07) is 10.7. The summed E-state index contributed by atoms with van der Waals surface area (Å²) in [7, 11) is 3.87. The maximum atomic E-state index is 13.7. The van der Waals surface area contributed by atoms with E-state index in [-0.39, 0.29) is 17.9 Å². The maximum Gasteiger partial charge on any atom is 0.317 e. The standard InChI is InChI=1S/C20H26FN5O/c1-25(2)19-13-15(7-10-22-19)14-23-20(27)26-11-8-16(9-12-26)24-18-6-4-3-5-17(18)21/h3-7,10,13,16,24H,8-9,11-12,14H2,1-2H3,(H,23,27). The summed E-state index contributed by atoms with van der Waals surface area (Å²) in [5, 5.41) is 6.21. The normalized spacial score (nSPS) is 14.7. The van der Waals surface area contributed by atoms with Gasteiger partial charge in [0, 0.05) is 46.0 Å². The third-order valence-corrected chi connectivity index (χ3v) is 4.73. The van der Waals surface area contributed by atoms with Gasteiger partial charge in [0.15, 0.2) is 0 Å². The Morgan fingerprint density at radius 1 is 1.26 bits per heavy atom. The van der Waals surface area contributed by atoms with Crippen LogP contribution in [-0.2, 0) is 6.54 Å². The lowest BCUT2D eigenvalue weighted by atomic mass is 10.0. The topological polar surface area (TPSA) is 60.5 Å². The summed E-state index contributed by atoms with van der Waals surface area (Å²) in [5.74, 6) is 0.619. The molecule has 6 nitrogen and oxygen atoms in total. The molecule has 7 heteroatoms. The van der Waals surface area contributed by atoms with Crippen LogP contribution < -0.4 is 15.5 Å². The van der Waals surface area contributed by atoms with Gasteiger partial charge in [-0.2, -0.15) is 0 Å². The highest BCUT2D eigenvalue weighted by Crippen LogP contribution is 2.19. The van der Waals surface area contributed by atoms with Gasteiger partial charge in [0.05, 0.1) is 5.69 Å². The van der Waals surface area contributed by atoms with Crippen molar-refractivity contribution in [2.24, 2.45) is 0 Å². The fourth-order valence-electron chi connectivity index (χ4n) is 3.13. The number of benzene rings is 1. The molecule has 2 aromatic rings. The number of urea groups is 1. The Bertz CT molecular complexity index is 774. The fraction of sp³-hybridized carbons (Fsp3) is 0.400. The molecule has 1 saturated heterocycles. The Kier molecular flexibility index (Phi) is 6.11. The van der Waals surface area contributed by atoms with Crippen molar-refractivity contribution in [3.63, 3.8) is 0 Å². The number of hydrogen-bond acceptors (Lipinski definition) is 4. The van der Waals surface area contributed by atoms with Crippen molar-refractivity contribution in [2.45, 2.75) is 25.4 Å². The van der Waals surface area contributed by atoms with Crippen LogP contribution in [-0.4, -0.2) is 49.1 Å². The molecular formula is C20H26FN5O. The molecule has 2 amide bonds. The number of rotatable bonds is 5. The Labute approximate surface area is 159 Å². The highest BCUT2D eigenvalue weighted by molar-refractivity contribution is 5.74. The van der Waals surface area contributed by atoms with E-state index in [1.54, 1.807) is 18.3 Å². The number of para-hydroxylation sites is 1. The molecule has 27 heavy (non-hydrogen) atoms. The first kappa shape index (κ1) is 18.9. The number of aromatic nitrogens is 1. The summed E-state index contributed by atoms with van der Waals surface area (Å²) >= 11 is 0. The number of anilines is 2. The second-order valence-corrected chi connectivity index (χ2v) is 6.96. The average molecular weight is 371 g/mol. The number of likely N-dealkylation sites (tertiary alicyclic amines) is 1. The van der Waals surface area contributed by atoms with Crippen LogP contribution in [0.2, 0.25) is 0 Å². The molecule has 1 aliphatic rings. The number of hydrogen-bond donors (Lipinski definition) is 2. The highest BCUT2D eigenvalue weighted by Gasteiger charge is 2.23. The van der Waals surface area contributed by atoms with E-state index in [0.717, 1.165) is 24.2 Å². The summed E-state index contributed by atoms with van der Waals surface area (Å²) in [6.07, 6.45) is 3.33. The molecule has 144 valence electrons. The molecule has 0 bridgehead atoms. The Hall–Kier alpha value is -2.83. The van der Waals surface area contributed by atoms with Gasteiger partial charge in [-0.3, -0.25) is 0 Å². The van der Waals surface area contributed by atoms with E-state index in [2.05, 4.69) is 15.6 Å². The molecule has 1 fully saturated rings. The van der Waals surface area contributed by atoms with Crippen LogP contribution in [0, 0.1) is 5.82 Å². The number of halogens is 1. The minimum absolute atomic E-state index is 0.0671. The van der Waals surface area contributed by atoms with Crippen molar-refractivity contribution in [1.82, 2.24) is 15.2 Å². The van der Waals surface area contributed by atoms with E-state index < -0.39 is 0 Å². The van der Waals surface area contributed by atoms with Gasteiger partial charge in [-0.1, -0.05) is 12.1 Å². The number of nitrogens with one attached hydrogen (secondary N) is 2. The van der Waals surface area contributed by atoms with Crippen LogP contribution in [0.4, 0.5) is 20.7 Å². The predicted octanol–water partition coefficient (Wildman–Crippen LogP) is 3.07. The second kappa shape index (κ2) is 8.70. The molecule has 1 aliphatic heterocycles. The van der Waals surface area contributed by atoms with Crippen LogP contribution in [0.15, 0.2) is 42.6 Å². The zero-order valence-electron chi connectivity index (χ0n) is 15.8. The van der Waals surface area contributed by atoms with Crippen molar-refractivity contribution in [1.29, 1.82) is 0 Å². The van der Waals surface area contributed by atoms with Crippen LogP contribution in [0.3, 0.4) is 0 Å². The average Bonchev–Trinajstić information content (AvgIpc) is 2.68. The molecule has 1 aromatic carbocycles. The highest BCUT2D eigenvalue weighted by atomic mass is 19.1. The first-order valence-corrected chi connectivity index (χ1v) is 9.19. The van der Waals surface area contributed by atoms with Gasteiger partial charge in [-0.05, 0) is 42.7 Å². The minimum atomic E-state index is -0.243. The zero-order valence-corrected chi connectivity index (χ0v) is 15.8. The lowest BCUT2D eigenvalue weighted by Gasteiger charge is -2.33. The van der Waals surface area contributed by atoms with Crippen molar-refractivity contribution in [2.75, 3.05) is 37.4 Å². The molecule has 0 aliphatic carbocycles. The van der Waals surface area contributed by atoms with Crippen LogP contribution in [0.5, 0.6) is 0 Å². The van der Waals surface area contributed by atoms with Crippen molar-refractivity contribution in [3.8, 4) is 0 Å². The summed E-state index contributed by atoms with van der Waals surface area (Å²) in [5.41, 5.74) is 1.54. The van der Waals surface area contributed by atoms with Crippen molar-refractivity contribution < 1.29 is 9.18 Å². The van der Waals surface area contributed by atoms with E-state index in [9.17, 15) is 9.18 Å². The van der Waals surface area contributed by atoms with E-state index >= 15 is 0 Å². The van der Waals surface area contributed by atoms with Gasteiger partial charge in [0.1, 0.15) is 11.6 Å². The smallest absolute Gasteiger partial charge is 0.317 e. The van der Waals surface area contributed by atoms with E-state index in [1.807, 2.05) is 42.1 Å². The molecule has 0 spiro atoms. The van der Waals surface area contributed by atoms with Crippen LogP contribution in [0.25, 0.3) is 0 Å². The molecule has 0 radical (unpaired) electrons. The third kappa shape index (κ3) is 5.09. The number of nitrogens with zero attached hydrogens (tertiary/aromatic N) is 3. The lowest BCUT2D eigenvalue weighted by molar-refractivity contribution is 0.183. The zero-order chi connectivity index (χ0) is 19.2. The Morgan fingerprint density at radius 3 is 2.70 bits per heavy atom.